The van der Waals surface area contributed by atoms with Gasteiger partial charge >= 0.3 is 0 Å². The molecule has 0 saturated carbocycles. The molecule has 1 atom stereocenters. The maximum Gasteiger partial charge on any atom is 0.0319 e. The van der Waals surface area contributed by atoms with E-state index in [9.17, 15) is 0 Å². The Kier molecular flexibility index (Phi) is 4.79. The molecule has 1 aromatic carbocycles. The topological polar surface area (TPSA) is 26.0 Å². The van der Waals surface area contributed by atoms with Gasteiger partial charge in [0.15, 0.2) is 0 Å². The van der Waals surface area contributed by atoms with Crippen molar-refractivity contribution in [3.63, 3.8) is 0 Å². The predicted molar refractivity (Wildman–Crippen MR) is 79.6 cm³/mol. The van der Waals surface area contributed by atoms with Crippen molar-refractivity contribution in [2.75, 3.05) is 6.54 Å². The quantitative estimate of drug-likeness (QED) is 0.814. The largest absolute Gasteiger partial charge is 0.329 e. The minimum atomic E-state index is 0.173. The zero-order valence-corrected chi connectivity index (χ0v) is 12.9. The van der Waals surface area contributed by atoms with Crippen molar-refractivity contribution in [2.24, 2.45) is 11.1 Å². The van der Waals surface area contributed by atoms with Gasteiger partial charge in [0.1, 0.15) is 0 Å². The average Bonchev–Trinajstić information content (AvgIpc) is 2.27. The van der Waals surface area contributed by atoms with Gasteiger partial charge in [0, 0.05) is 11.4 Å². The predicted octanol–water partition coefficient (Wildman–Crippen LogP) is 4.10. The van der Waals surface area contributed by atoms with E-state index in [1.54, 1.807) is 0 Å². The molecule has 0 fully saturated rings. The number of halogens is 1. The van der Waals surface area contributed by atoms with E-state index in [1.165, 1.54) is 5.56 Å². The number of alkyl halides is 1. The molecule has 0 bridgehead atoms. The summed E-state index contributed by atoms with van der Waals surface area (Å²) in [6.45, 7) is 9.85. The molecule has 1 nitrogen and oxygen atoms in total. The van der Waals surface area contributed by atoms with Crippen LogP contribution in [-0.2, 0) is 5.41 Å². The molecule has 0 radical (unpaired) electrons. The van der Waals surface area contributed by atoms with E-state index < -0.39 is 0 Å². The molecule has 0 aliphatic carbocycles. The highest BCUT2D eigenvalue weighted by Gasteiger charge is 2.34. The Labute approximate surface area is 114 Å². The van der Waals surface area contributed by atoms with Crippen LogP contribution in [0.4, 0.5) is 0 Å². The minimum absolute atomic E-state index is 0.173. The molecule has 2 heteroatoms. The lowest BCUT2D eigenvalue weighted by Crippen LogP contribution is -2.36. The average molecular weight is 298 g/mol. The molecule has 0 heterocycles. The Morgan fingerprint density at radius 3 is 2.12 bits per heavy atom. The fourth-order valence-corrected chi connectivity index (χ4v) is 2.72. The van der Waals surface area contributed by atoms with Crippen LogP contribution in [0.25, 0.3) is 0 Å². The van der Waals surface area contributed by atoms with Crippen LogP contribution in [0.15, 0.2) is 30.3 Å². The summed E-state index contributed by atoms with van der Waals surface area (Å²) in [5.41, 5.74) is 7.52. The normalized spacial score (nSPS) is 14.7. The van der Waals surface area contributed by atoms with Crippen LogP contribution < -0.4 is 5.73 Å². The number of benzene rings is 1. The molecule has 0 spiro atoms. The Morgan fingerprint density at radius 2 is 1.65 bits per heavy atom. The molecule has 1 unspecified atom stereocenters. The summed E-state index contributed by atoms with van der Waals surface area (Å²) in [5, 5.41) is 0. The van der Waals surface area contributed by atoms with Crippen LogP contribution in [-0.4, -0.2) is 11.4 Å². The van der Waals surface area contributed by atoms with Gasteiger partial charge in [-0.05, 0) is 22.8 Å². The standard InChI is InChI=1S/C15H24BrN/c1-14(2,12-8-6-5-7-9-12)11-15(3,4)13(16)10-17/h5-9,13H,10-11,17H2,1-4H3. The first-order chi connectivity index (χ1) is 7.79. The molecule has 96 valence electrons. The molecule has 1 rings (SSSR count). The third-order valence-electron chi connectivity index (χ3n) is 3.51. The van der Waals surface area contributed by atoms with Crippen molar-refractivity contribution in [1.29, 1.82) is 0 Å². The second kappa shape index (κ2) is 5.53. The van der Waals surface area contributed by atoms with Gasteiger partial charge in [-0.25, -0.2) is 0 Å². The summed E-state index contributed by atoms with van der Waals surface area (Å²) in [6.07, 6.45) is 1.11. The van der Waals surface area contributed by atoms with E-state index in [0.717, 1.165) is 6.42 Å². The maximum absolute atomic E-state index is 5.77. The smallest absolute Gasteiger partial charge is 0.0319 e. The van der Waals surface area contributed by atoms with Crippen LogP contribution >= 0.6 is 15.9 Å². The van der Waals surface area contributed by atoms with E-state index in [0.29, 0.717) is 11.4 Å². The monoisotopic (exact) mass is 297 g/mol. The zero-order valence-electron chi connectivity index (χ0n) is 11.3. The van der Waals surface area contributed by atoms with Crippen LogP contribution in [0, 0.1) is 5.41 Å². The second-order valence-electron chi connectivity index (χ2n) is 6.12. The lowest BCUT2D eigenvalue weighted by atomic mass is 9.70. The Bertz CT molecular complexity index is 343. The lowest BCUT2D eigenvalue weighted by molar-refractivity contribution is 0.254. The van der Waals surface area contributed by atoms with Gasteiger partial charge < -0.3 is 5.73 Å². The van der Waals surface area contributed by atoms with Gasteiger partial charge in [-0.3, -0.25) is 0 Å². The molecule has 2 N–H and O–H groups in total. The van der Waals surface area contributed by atoms with Gasteiger partial charge in [0.2, 0.25) is 0 Å². The Hall–Kier alpha value is -0.340. The fourth-order valence-electron chi connectivity index (χ4n) is 2.56. The molecule has 0 aliphatic rings. The molecule has 17 heavy (non-hydrogen) atoms. The lowest BCUT2D eigenvalue weighted by Gasteiger charge is -2.38. The number of hydrogen-bond donors (Lipinski definition) is 1. The van der Waals surface area contributed by atoms with Crippen LogP contribution in [0.1, 0.15) is 39.7 Å². The first-order valence-corrected chi connectivity index (χ1v) is 7.11. The highest BCUT2D eigenvalue weighted by molar-refractivity contribution is 9.09. The second-order valence-corrected chi connectivity index (χ2v) is 7.22. The third kappa shape index (κ3) is 3.82. The zero-order chi connectivity index (χ0) is 13.1. The van der Waals surface area contributed by atoms with Crippen molar-refractivity contribution >= 4 is 15.9 Å². The molecular weight excluding hydrogens is 274 g/mol. The van der Waals surface area contributed by atoms with Crippen molar-refractivity contribution in [1.82, 2.24) is 0 Å². The summed E-state index contributed by atoms with van der Waals surface area (Å²) in [4.78, 5) is 0.359. The van der Waals surface area contributed by atoms with Crippen molar-refractivity contribution in [2.45, 2.75) is 44.4 Å². The molecule has 0 saturated heterocycles. The van der Waals surface area contributed by atoms with Gasteiger partial charge in [-0.1, -0.05) is 74.0 Å². The van der Waals surface area contributed by atoms with E-state index >= 15 is 0 Å². The highest BCUT2D eigenvalue weighted by Crippen LogP contribution is 2.40. The summed E-state index contributed by atoms with van der Waals surface area (Å²) in [5.74, 6) is 0. The summed E-state index contributed by atoms with van der Waals surface area (Å²) >= 11 is 3.70. The van der Waals surface area contributed by atoms with Crippen LogP contribution in [0.2, 0.25) is 0 Å². The van der Waals surface area contributed by atoms with E-state index in [-0.39, 0.29) is 10.8 Å². The Morgan fingerprint density at radius 1 is 1.12 bits per heavy atom. The highest BCUT2D eigenvalue weighted by atomic mass is 79.9. The van der Waals surface area contributed by atoms with E-state index in [1.807, 2.05) is 0 Å². The van der Waals surface area contributed by atoms with Gasteiger partial charge in [-0.15, -0.1) is 0 Å². The van der Waals surface area contributed by atoms with Crippen molar-refractivity contribution < 1.29 is 0 Å². The Balaban J connectivity index is 2.86. The fraction of sp³-hybridized carbons (Fsp3) is 0.600. The summed E-state index contributed by atoms with van der Waals surface area (Å²) in [7, 11) is 0. The molecular formula is C15H24BrN. The van der Waals surface area contributed by atoms with E-state index in [2.05, 4.69) is 74.0 Å². The number of hydrogen-bond acceptors (Lipinski definition) is 1. The first-order valence-electron chi connectivity index (χ1n) is 6.19. The van der Waals surface area contributed by atoms with Gasteiger partial charge in [-0.2, -0.15) is 0 Å². The molecule has 0 aliphatic heterocycles. The van der Waals surface area contributed by atoms with Gasteiger partial charge in [0.05, 0.1) is 0 Å². The van der Waals surface area contributed by atoms with Crippen molar-refractivity contribution in [3.05, 3.63) is 35.9 Å². The minimum Gasteiger partial charge on any atom is -0.329 e. The SMILES string of the molecule is CC(C)(CC(C)(C)C(Br)CN)c1ccccc1. The summed E-state index contributed by atoms with van der Waals surface area (Å²) < 4.78 is 0. The number of nitrogens with two attached hydrogens (primary N) is 1. The van der Waals surface area contributed by atoms with Gasteiger partial charge in [0.25, 0.3) is 0 Å². The van der Waals surface area contributed by atoms with Crippen LogP contribution in [0.3, 0.4) is 0 Å². The maximum atomic E-state index is 5.77. The van der Waals surface area contributed by atoms with Crippen LogP contribution in [0.5, 0.6) is 0 Å². The number of rotatable bonds is 5. The molecule has 0 aromatic heterocycles. The molecule has 1 aromatic rings. The third-order valence-corrected chi connectivity index (χ3v) is 5.12. The molecule has 0 amide bonds. The van der Waals surface area contributed by atoms with E-state index in [4.69, 9.17) is 5.73 Å². The first kappa shape index (κ1) is 14.7. The summed E-state index contributed by atoms with van der Waals surface area (Å²) in [6, 6.07) is 10.7. The van der Waals surface area contributed by atoms with Crippen molar-refractivity contribution in [3.8, 4) is 0 Å².